The molecule has 9 aromatic rings. The molecular weight excluding hydrogens is 773 g/mol. The Hall–Kier alpha value is -8.16. The van der Waals surface area contributed by atoms with Gasteiger partial charge in [-0.05, 0) is 79.2 Å². The molecule has 2 unspecified atom stereocenters. The second-order valence-corrected chi connectivity index (χ2v) is 16.6. The van der Waals surface area contributed by atoms with Crippen molar-refractivity contribution >= 4 is 17.2 Å². The third-order valence-electron chi connectivity index (χ3n) is 13.3. The number of nitrogens with zero attached hydrogens (tertiary/aromatic N) is 2. The van der Waals surface area contributed by atoms with Gasteiger partial charge in [0.2, 0.25) is 0 Å². The van der Waals surface area contributed by atoms with Gasteiger partial charge in [0.1, 0.15) is 5.70 Å². The largest absolute Gasteiger partial charge is 0.233 e. The van der Waals surface area contributed by atoms with Crippen LogP contribution < -0.4 is 0 Å². The van der Waals surface area contributed by atoms with Crippen molar-refractivity contribution in [2.45, 2.75) is 17.8 Å². The number of hydrogen-bond acceptors (Lipinski definition) is 1. The van der Waals surface area contributed by atoms with Gasteiger partial charge in [0, 0.05) is 16.8 Å². The Morgan fingerprint density at radius 1 is 0.391 bits per heavy atom. The van der Waals surface area contributed by atoms with Crippen molar-refractivity contribution in [3.8, 4) is 22.3 Å². The summed E-state index contributed by atoms with van der Waals surface area (Å²) in [6, 6.07) is 85.3. The summed E-state index contributed by atoms with van der Waals surface area (Å²) in [7, 11) is 0. The highest BCUT2D eigenvalue weighted by molar-refractivity contribution is 6.14. The monoisotopic (exact) mass is 816 g/mol. The summed E-state index contributed by atoms with van der Waals surface area (Å²) in [6.45, 7) is 6.27. The first-order chi connectivity index (χ1) is 31.6. The van der Waals surface area contributed by atoms with Crippen molar-refractivity contribution in [2.24, 2.45) is 9.98 Å². The lowest BCUT2D eigenvalue weighted by Crippen LogP contribution is -2.45. The summed E-state index contributed by atoms with van der Waals surface area (Å²) >= 11 is 0. The highest BCUT2D eigenvalue weighted by atomic mass is 14.9. The Kier molecular flexibility index (Phi) is 9.65. The van der Waals surface area contributed by atoms with Crippen LogP contribution in [0.5, 0.6) is 0 Å². The van der Waals surface area contributed by atoms with Crippen molar-refractivity contribution in [3.63, 3.8) is 0 Å². The van der Waals surface area contributed by atoms with Crippen LogP contribution in [0.15, 0.2) is 259 Å². The molecule has 0 amide bonds. The molecule has 64 heavy (non-hydrogen) atoms. The minimum absolute atomic E-state index is 0.558. The van der Waals surface area contributed by atoms with Crippen LogP contribution in [-0.4, -0.2) is 11.5 Å². The lowest BCUT2D eigenvalue weighted by atomic mass is 9.51. The number of fused-ring (bicyclic) bond motifs is 5. The van der Waals surface area contributed by atoms with E-state index in [1.54, 1.807) is 0 Å². The molecule has 11 rings (SSSR count). The molecule has 0 aliphatic heterocycles. The van der Waals surface area contributed by atoms with Crippen molar-refractivity contribution < 1.29 is 0 Å². The molecule has 0 fully saturated rings. The van der Waals surface area contributed by atoms with Crippen LogP contribution in [-0.2, 0) is 10.8 Å². The second kappa shape index (κ2) is 15.9. The fourth-order valence-electron chi connectivity index (χ4n) is 10.6. The van der Waals surface area contributed by atoms with Gasteiger partial charge in [-0.1, -0.05) is 243 Å². The van der Waals surface area contributed by atoms with E-state index in [9.17, 15) is 0 Å². The zero-order chi connectivity index (χ0) is 43.1. The molecule has 2 aliphatic carbocycles. The van der Waals surface area contributed by atoms with Gasteiger partial charge in [-0.15, -0.1) is 5.73 Å². The summed E-state index contributed by atoms with van der Waals surface area (Å²) in [6.07, 6.45) is 0. The van der Waals surface area contributed by atoms with Crippen molar-refractivity contribution in [3.05, 3.63) is 310 Å². The Balaban J connectivity index is 1.22. The van der Waals surface area contributed by atoms with Crippen LogP contribution >= 0.6 is 0 Å². The molecule has 0 N–H and O–H groups in total. The Morgan fingerprint density at radius 3 is 1.53 bits per heavy atom. The van der Waals surface area contributed by atoms with Crippen LogP contribution in [0.25, 0.3) is 28.0 Å². The zero-order valence-corrected chi connectivity index (χ0v) is 35.6. The standard InChI is InChI=1S/C62H44N2/c1-3-58(47-41-39-46(40-42-47)45-25-10-5-11-26-45)64-60(63-43(2)44-23-8-4-9-24-44)52-32-17-19-35-54(52)61(48-27-12-6-13-28-48)55-36-20-21-37-56(55)62(49-29-14-7-15-30-49)53-34-18-16-31-50(53)51-33-22-38-57(61)59(51)62/h4-42H,1H2,2H3. The van der Waals surface area contributed by atoms with E-state index in [0.717, 1.165) is 39.1 Å². The summed E-state index contributed by atoms with van der Waals surface area (Å²) in [5.74, 6) is 0.582. The van der Waals surface area contributed by atoms with Gasteiger partial charge >= 0.3 is 0 Å². The first-order valence-corrected chi connectivity index (χ1v) is 21.9. The maximum absolute atomic E-state index is 5.51. The van der Waals surface area contributed by atoms with Gasteiger partial charge in [0.25, 0.3) is 0 Å². The molecule has 2 heteroatoms. The Labute approximate surface area is 375 Å². The van der Waals surface area contributed by atoms with Crippen LogP contribution in [0.1, 0.15) is 68.1 Å². The molecule has 302 valence electrons. The fraction of sp³-hybridized carbons (Fsp3) is 0.0484. The fourth-order valence-corrected chi connectivity index (χ4v) is 10.6. The average Bonchev–Trinajstić information content (AvgIpc) is 3.69. The molecule has 0 aromatic heterocycles. The van der Waals surface area contributed by atoms with E-state index in [1.165, 1.54) is 50.1 Å². The van der Waals surface area contributed by atoms with Gasteiger partial charge in [-0.25, -0.2) is 9.98 Å². The average molecular weight is 817 g/mol. The highest BCUT2D eigenvalue weighted by Gasteiger charge is 2.58. The van der Waals surface area contributed by atoms with Gasteiger partial charge in [-0.2, -0.15) is 0 Å². The summed E-state index contributed by atoms with van der Waals surface area (Å²) < 4.78 is 0. The molecule has 0 bridgehead atoms. The Morgan fingerprint density at radius 2 is 0.875 bits per heavy atom. The molecule has 0 spiro atoms. The third kappa shape index (κ3) is 5.96. The molecule has 2 aliphatic rings. The Bertz CT molecular complexity index is 3300. The topological polar surface area (TPSA) is 24.7 Å². The van der Waals surface area contributed by atoms with E-state index >= 15 is 0 Å². The van der Waals surface area contributed by atoms with E-state index in [-0.39, 0.29) is 0 Å². The highest BCUT2D eigenvalue weighted by Crippen LogP contribution is 2.66. The van der Waals surface area contributed by atoms with Crippen molar-refractivity contribution in [2.75, 3.05) is 0 Å². The SMILES string of the molecule is C=C=C(N=C(N=C(C)c1ccccc1)c1ccccc1C1(c2ccccc2)c2ccccc2C2(c3ccccc3)c3ccccc3-c3cccc1c32)c1ccc(-c2ccccc2)cc1. The molecule has 9 aromatic carbocycles. The smallest absolute Gasteiger partial charge is 0.161 e. The molecule has 0 radical (unpaired) electrons. The number of benzene rings is 9. The van der Waals surface area contributed by atoms with Crippen LogP contribution in [0.2, 0.25) is 0 Å². The van der Waals surface area contributed by atoms with Gasteiger partial charge < -0.3 is 0 Å². The quantitative estimate of drug-likeness (QED) is 0.0829. The van der Waals surface area contributed by atoms with E-state index in [2.05, 4.69) is 244 Å². The summed E-state index contributed by atoms with van der Waals surface area (Å²) in [4.78, 5) is 11.0. The van der Waals surface area contributed by atoms with Gasteiger partial charge in [0.05, 0.1) is 10.8 Å². The van der Waals surface area contributed by atoms with Crippen LogP contribution in [0.4, 0.5) is 0 Å². The van der Waals surface area contributed by atoms with Crippen molar-refractivity contribution in [1.82, 2.24) is 0 Å². The molecule has 2 nitrogen and oxygen atoms in total. The van der Waals surface area contributed by atoms with Crippen molar-refractivity contribution in [1.29, 1.82) is 0 Å². The number of rotatable bonds is 8. The predicted molar refractivity (Wildman–Crippen MR) is 265 cm³/mol. The molecule has 2 atom stereocenters. The second-order valence-electron chi connectivity index (χ2n) is 16.6. The summed E-state index contributed by atoms with van der Waals surface area (Å²) in [5, 5.41) is 0. The van der Waals surface area contributed by atoms with Crippen LogP contribution in [0, 0.1) is 0 Å². The first-order valence-electron chi connectivity index (χ1n) is 21.9. The van der Waals surface area contributed by atoms with E-state index < -0.39 is 10.8 Å². The molecule has 0 saturated carbocycles. The first kappa shape index (κ1) is 38.7. The zero-order valence-electron chi connectivity index (χ0n) is 35.6. The third-order valence-corrected chi connectivity index (χ3v) is 13.3. The number of amidine groups is 1. The summed E-state index contributed by atoms with van der Waals surface area (Å²) in [5.41, 5.74) is 20.8. The number of aliphatic imine (C=N–C) groups is 2. The maximum Gasteiger partial charge on any atom is 0.161 e. The van der Waals surface area contributed by atoms with Gasteiger partial charge in [-0.3, -0.25) is 0 Å². The minimum atomic E-state index is -0.799. The van der Waals surface area contributed by atoms with Crippen LogP contribution in [0.3, 0.4) is 0 Å². The van der Waals surface area contributed by atoms with E-state index in [1.807, 2.05) is 12.1 Å². The van der Waals surface area contributed by atoms with E-state index in [4.69, 9.17) is 9.98 Å². The predicted octanol–water partition coefficient (Wildman–Crippen LogP) is 14.5. The van der Waals surface area contributed by atoms with Gasteiger partial charge in [0.15, 0.2) is 5.84 Å². The minimum Gasteiger partial charge on any atom is -0.233 e. The molecular formula is C62H44N2. The lowest BCUT2D eigenvalue weighted by molar-refractivity contribution is 0.626. The maximum atomic E-state index is 5.51. The molecule has 0 heterocycles. The molecule has 0 saturated heterocycles. The normalized spacial score (nSPS) is 17.1. The number of hydrogen-bond donors (Lipinski definition) is 0. The lowest BCUT2D eigenvalue weighted by Gasteiger charge is -2.50. The van der Waals surface area contributed by atoms with E-state index in [0.29, 0.717) is 11.5 Å².